The van der Waals surface area contributed by atoms with Crippen molar-refractivity contribution < 1.29 is 13.9 Å². The quantitative estimate of drug-likeness (QED) is 0.845. The summed E-state index contributed by atoms with van der Waals surface area (Å²) in [6, 6.07) is 12.3. The molecule has 21 heavy (non-hydrogen) atoms. The van der Waals surface area contributed by atoms with Gasteiger partial charge in [0.25, 0.3) is 5.91 Å². The minimum atomic E-state index is -0.645. The first-order valence-corrected chi connectivity index (χ1v) is 6.06. The van der Waals surface area contributed by atoms with E-state index in [1.165, 1.54) is 12.1 Å². The Labute approximate surface area is 120 Å². The largest absolute Gasteiger partial charge is 0.479 e. The number of ether oxygens (including phenoxy) is 1. The molecule has 1 amide bonds. The Morgan fingerprint density at radius 3 is 2.86 bits per heavy atom. The number of hydrogen-bond donors (Lipinski definition) is 2. The zero-order valence-corrected chi connectivity index (χ0v) is 11.0. The lowest BCUT2D eigenvalue weighted by Crippen LogP contribution is -2.12. The molecule has 2 rings (SSSR count). The number of halogens is 1. The summed E-state index contributed by atoms with van der Waals surface area (Å²) < 4.78 is 18.5. The van der Waals surface area contributed by atoms with Crippen molar-refractivity contribution >= 4 is 17.3 Å². The zero-order valence-electron chi connectivity index (χ0n) is 11.0. The summed E-state index contributed by atoms with van der Waals surface area (Å²) in [7, 11) is 0. The van der Waals surface area contributed by atoms with Crippen LogP contribution in [0.15, 0.2) is 42.5 Å². The lowest BCUT2D eigenvalue weighted by Gasteiger charge is -2.08. The molecule has 2 aromatic rings. The molecule has 6 heteroatoms. The van der Waals surface area contributed by atoms with Crippen LogP contribution >= 0.6 is 0 Å². The van der Waals surface area contributed by atoms with Crippen molar-refractivity contribution in [3.8, 4) is 11.8 Å². The van der Waals surface area contributed by atoms with Crippen molar-refractivity contribution in [3.63, 3.8) is 0 Å². The zero-order chi connectivity index (χ0) is 15.2. The number of amides is 1. The number of carbonyl (C=O) groups excluding carboxylic acids is 1. The summed E-state index contributed by atoms with van der Waals surface area (Å²) in [5.74, 6) is -0.655. The van der Waals surface area contributed by atoms with Gasteiger partial charge in [0.2, 0.25) is 0 Å². The van der Waals surface area contributed by atoms with E-state index >= 15 is 0 Å². The number of nitrogens with one attached hydrogen (secondary N) is 1. The molecule has 0 atom stereocenters. The maximum absolute atomic E-state index is 13.3. The Bertz CT molecular complexity index is 710. The first-order chi connectivity index (χ1) is 10.1. The van der Waals surface area contributed by atoms with Gasteiger partial charge in [-0.3, -0.25) is 4.79 Å². The van der Waals surface area contributed by atoms with Crippen LogP contribution in [0.2, 0.25) is 0 Å². The van der Waals surface area contributed by atoms with Gasteiger partial charge in [-0.15, -0.1) is 0 Å². The Morgan fingerprint density at radius 1 is 1.33 bits per heavy atom. The normalized spacial score (nSPS) is 9.71. The number of nitrogen functional groups attached to an aromatic ring is 1. The summed E-state index contributed by atoms with van der Waals surface area (Å²) in [6.07, 6.45) is 0. The number of carbonyl (C=O) groups is 1. The monoisotopic (exact) mass is 285 g/mol. The second kappa shape index (κ2) is 6.39. The molecular weight excluding hydrogens is 273 g/mol. The van der Waals surface area contributed by atoms with Gasteiger partial charge < -0.3 is 15.8 Å². The molecule has 0 radical (unpaired) electrons. The summed E-state index contributed by atoms with van der Waals surface area (Å²) >= 11 is 0. The van der Waals surface area contributed by atoms with E-state index in [9.17, 15) is 9.18 Å². The molecule has 0 aliphatic heterocycles. The third kappa shape index (κ3) is 3.70. The van der Waals surface area contributed by atoms with Gasteiger partial charge in [-0.05, 0) is 30.3 Å². The Kier molecular flexibility index (Phi) is 4.36. The van der Waals surface area contributed by atoms with Gasteiger partial charge in [0.15, 0.2) is 6.61 Å². The molecule has 0 aliphatic rings. The molecular formula is C15H12FN3O2. The van der Waals surface area contributed by atoms with Gasteiger partial charge in [0.1, 0.15) is 17.6 Å². The fourth-order valence-corrected chi connectivity index (χ4v) is 1.65. The van der Waals surface area contributed by atoms with Crippen LogP contribution in [0.3, 0.4) is 0 Å². The number of hydrogen-bond acceptors (Lipinski definition) is 4. The lowest BCUT2D eigenvalue weighted by atomic mass is 10.2. The van der Waals surface area contributed by atoms with Gasteiger partial charge in [0.05, 0.1) is 5.69 Å². The van der Waals surface area contributed by atoms with Crippen molar-refractivity contribution in [2.75, 3.05) is 17.7 Å². The van der Waals surface area contributed by atoms with E-state index in [1.54, 1.807) is 24.3 Å². The van der Waals surface area contributed by atoms with E-state index in [4.69, 9.17) is 15.7 Å². The molecule has 3 N–H and O–H groups in total. The van der Waals surface area contributed by atoms with Crippen LogP contribution in [0, 0.1) is 17.1 Å². The average molecular weight is 285 g/mol. The maximum atomic E-state index is 13.3. The molecule has 0 unspecified atom stereocenters. The van der Waals surface area contributed by atoms with E-state index in [2.05, 4.69) is 5.32 Å². The average Bonchev–Trinajstić information content (AvgIpc) is 2.48. The van der Waals surface area contributed by atoms with Crippen LogP contribution in [-0.4, -0.2) is 12.5 Å². The van der Waals surface area contributed by atoms with Crippen LogP contribution in [0.1, 0.15) is 10.4 Å². The first kappa shape index (κ1) is 14.3. The van der Waals surface area contributed by atoms with Crippen LogP contribution in [0.25, 0.3) is 0 Å². The number of anilines is 2. The number of rotatable bonds is 4. The highest BCUT2D eigenvalue weighted by Crippen LogP contribution is 2.19. The van der Waals surface area contributed by atoms with E-state index in [0.717, 1.165) is 6.07 Å². The lowest BCUT2D eigenvalue weighted by molar-refractivity contribution is 0.102. The minimum Gasteiger partial charge on any atom is -0.479 e. The van der Waals surface area contributed by atoms with Gasteiger partial charge in [-0.1, -0.05) is 6.07 Å². The first-order valence-electron chi connectivity index (χ1n) is 6.06. The third-order valence-electron chi connectivity index (χ3n) is 2.66. The highest BCUT2D eigenvalue weighted by atomic mass is 19.1. The van der Waals surface area contributed by atoms with Crippen molar-refractivity contribution in [1.29, 1.82) is 5.26 Å². The number of nitrogens with two attached hydrogens (primary N) is 1. The van der Waals surface area contributed by atoms with E-state index in [1.807, 2.05) is 6.07 Å². The molecule has 0 spiro atoms. The summed E-state index contributed by atoms with van der Waals surface area (Å²) in [6.45, 7) is -0.0828. The summed E-state index contributed by atoms with van der Waals surface area (Å²) in [5, 5.41) is 11.1. The molecule has 0 saturated heterocycles. The fourth-order valence-electron chi connectivity index (χ4n) is 1.65. The van der Waals surface area contributed by atoms with Crippen LogP contribution in [-0.2, 0) is 0 Å². The van der Waals surface area contributed by atoms with Crippen molar-refractivity contribution in [3.05, 3.63) is 53.8 Å². The predicted octanol–water partition coefficient (Wildman–Crippen LogP) is 2.56. The van der Waals surface area contributed by atoms with Crippen molar-refractivity contribution in [2.24, 2.45) is 0 Å². The van der Waals surface area contributed by atoms with Crippen LogP contribution in [0.4, 0.5) is 15.8 Å². The van der Waals surface area contributed by atoms with Crippen LogP contribution < -0.4 is 15.8 Å². The standard InChI is InChI=1S/C15H12FN3O2/c16-13-8-10(4-5-14(13)18)15(20)19-11-2-1-3-12(9-11)21-7-6-17/h1-5,8-9H,7,18H2,(H,19,20). The molecule has 0 aliphatic carbocycles. The molecule has 0 aromatic heterocycles. The van der Waals surface area contributed by atoms with Gasteiger partial charge in [-0.25, -0.2) is 4.39 Å². The molecule has 2 aromatic carbocycles. The van der Waals surface area contributed by atoms with E-state index < -0.39 is 11.7 Å². The minimum absolute atomic E-state index is 0.0153. The fraction of sp³-hybridized carbons (Fsp3) is 0.0667. The maximum Gasteiger partial charge on any atom is 0.255 e. The second-order valence-electron chi connectivity index (χ2n) is 4.17. The number of benzene rings is 2. The smallest absolute Gasteiger partial charge is 0.255 e. The SMILES string of the molecule is N#CCOc1cccc(NC(=O)c2ccc(N)c(F)c2)c1. The topological polar surface area (TPSA) is 88.1 Å². The van der Waals surface area contributed by atoms with E-state index in [0.29, 0.717) is 11.4 Å². The molecule has 106 valence electrons. The Balaban J connectivity index is 2.12. The van der Waals surface area contributed by atoms with E-state index in [-0.39, 0.29) is 17.9 Å². The second-order valence-corrected chi connectivity index (χ2v) is 4.17. The van der Waals surface area contributed by atoms with Crippen LogP contribution in [0.5, 0.6) is 5.75 Å². The van der Waals surface area contributed by atoms with Crippen molar-refractivity contribution in [2.45, 2.75) is 0 Å². The highest BCUT2D eigenvalue weighted by Gasteiger charge is 2.09. The molecule has 0 heterocycles. The van der Waals surface area contributed by atoms with Crippen molar-refractivity contribution in [1.82, 2.24) is 0 Å². The predicted molar refractivity (Wildman–Crippen MR) is 76.3 cm³/mol. The Morgan fingerprint density at radius 2 is 2.14 bits per heavy atom. The summed E-state index contributed by atoms with van der Waals surface area (Å²) in [5.41, 5.74) is 5.98. The molecule has 5 nitrogen and oxygen atoms in total. The van der Waals surface area contributed by atoms with Gasteiger partial charge in [0, 0.05) is 17.3 Å². The molecule has 0 fully saturated rings. The van der Waals surface area contributed by atoms with Gasteiger partial charge in [-0.2, -0.15) is 5.26 Å². The number of nitriles is 1. The summed E-state index contributed by atoms with van der Waals surface area (Å²) in [4.78, 5) is 12.0. The van der Waals surface area contributed by atoms with Gasteiger partial charge >= 0.3 is 0 Å². The third-order valence-corrected chi connectivity index (χ3v) is 2.66. The number of nitrogens with zero attached hydrogens (tertiary/aromatic N) is 1. The highest BCUT2D eigenvalue weighted by molar-refractivity contribution is 6.04. The Hall–Kier alpha value is -3.07. The molecule has 0 saturated carbocycles. The molecule has 0 bridgehead atoms.